The van der Waals surface area contributed by atoms with E-state index in [1.807, 2.05) is 0 Å². The van der Waals surface area contributed by atoms with Gasteiger partial charge in [0.15, 0.2) is 0 Å². The van der Waals surface area contributed by atoms with Gasteiger partial charge in [-0.2, -0.15) is 13.2 Å². The van der Waals surface area contributed by atoms with Gasteiger partial charge in [0.2, 0.25) is 0 Å². The van der Waals surface area contributed by atoms with Crippen LogP contribution in [-0.4, -0.2) is 30.2 Å². The van der Waals surface area contributed by atoms with Gasteiger partial charge in [0.1, 0.15) is 6.04 Å². The van der Waals surface area contributed by atoms with Crippen molar-refractivity contribution in [3.05, 3.63) is 0 Å². The molecule has 0 aliphatic heterocycles. The molecule has 1 N–H and O–H groups in total. The highest BCUT2D eigenvalue weighted by Gasteiger charge is 2.42. The first-order chi connectivity index (χ1) is 8.09. The third-order valence-electron chi connectivity index (χ3n) is 2.36. The summed E-state index contributed by atoms with van der Waals surface area (Å²) in [5.41, 5.74) is 0. The zero-order valence-corrected chi connectivity index (χ0v) is 10.8. The average Bonchev–Trinajstić information content (AvgIpc) is 2.21. The number of carbonyl (C=O) groups is 2. The molecular weight excluding hydrogens is 251 g/mol. The van der Waals surface area contributed by atoms with E-state index in [1.165, 1.54) is 0 Å². The van der Waals surface area contributed by atoms with E-state index < -0.39 is 36.1 Å². The van der Waals surface area contributed by atoms with E-state index in [9.17, 15) is 22.8 Å². The van der Waals surface area contributed by atoms with Crippen LogP contribution in [0.2, 0.25) is 0 Å². The SMILES string of the molecule is CC[C@H](C)[C@H](NC(=O)C(F)(F)F)C(=O)OC(C)C. The monoisotopic (exact) mass is 269 g/mol. The van der Waals surface area contributed by atoms with Crippen molar-refractivity contribution in [3.63, 3.8) is 0 Å². The molecule has 106 valence electrons. The minimum Gasteiger partial charge on any atom is -0.461 e. The molecule has 0 unspecified atom stereocenters. The van der Waals surface area contributed by atoms with E-state index in [4.69, 9.17) is 4.74 Å². The summed E-state index contributed by atoms with van der Waals surface area (Å²) in [6.07, 6.45) is -5.02. The van der Waals surface area contributed by atoms with Crippen LogP contribution in [-0.2, 0) is 14.3 Å². The Balaban J connectivity index is 4.80. The molecule has 4 nitrogen and oxygen atoms in total. The van der Waals surface area contributed by atoms with E-state index in [0.29, 0.717) is 6.42 Å². The molecule has 7 heteroatoms. The second-order valence-corrected chi connectivity index (χ2v) is 4.32. The number of ether oxygens (including phenoxy) is 1. The molecule has 0 fully saturated rings. The predicted molar refractivity (Wildman–Crippen MR) is 58.7 cm³/mol. The van der Waals surface area contributed by atoms with Crippen molar-refractivity contribution in [2.75, 3.05) is 0 Å². The van der Waals surface area contributed by atoms with Crippen LogP contribution in [0.3, 0.4) is 0 Å². The topological polar surface area (TPSA) is 55.4 Å². The minimum atomic E-state index is -5.01. The van der Waals surface area contributed by atoms with Gasteiger partial charge in [-0.15, -0.1) is 0 Å². The normalized spacial score (nSPS) is 15.1. The molecule has 2 atom stereocenters. The summed E-state index contributed by atoms with van der Waals surface area (Å²) in [6, 6.07) is -1.29. The Morgan fingerprint density at radius 1 is 1.22 bits per heavy atom. The van der Waals surface area contributed by atoms with Gasteiger partial charge in [0, 0.05) is 0 Å². The Labute approximate surface area is 104 Å². The molecule has 18 heavy (non-hydrogen) atoms. The molecule has 0 heterocycles. The van der Waals surface area contributed by atoms with Crippen molar-refractivity contribution in [1.29, 1.82) is 0 Å². The number of rotatable bonds is 5. The highest BCUT2D eigenvalue weighted by atomic mass is 19.4. The molecule has 1 amide bonds. The first-order valence-electron chi connectivity index (χ1n) is 5.67. The highest BCUT2D eigenvalue weighted by Crippen LogP contribution is 2.17. The van der Waals surface area contributed by atoms with Gasteiger partial charge in [-0.25, -0.2) is 4.79 Å². The Morgan fingerprint density at radius 2 is 1.72 bits per heavy atom. The third kappa shape index (κ3) is 5.37. The first kappa shape index (κ1) is 16.7. The Hall–Kier alpha value is -1.27. The molecule has 0 aromatic rings. The summed E-state index contributed by atoms with van der Waals surface area (Å²) >= 11 is 0. The van der Waals surface area contributed by atoms with Gasteiger partial charge >= 0.3 is 18.1 Å². The average molecular weight is 269 g/mol. The first-order valence-corrected chi connectivity index (χ1v) is 5.67. The Morgan fingerprint density at radius 3 is 2.06 bits per heavy atom. The van der Waals surface area contributed by atoms with Crippen LogP contribution in [0.5, 0.6) is 0 Å². The molecule has 0 rings (SSSR count). The fraction of sp³-hybridized carbons (Fsp3) is 0.818. The molecule has 0 aromatic heterocycles. The molecule has 0 radical (unpaired) electrons. The van der Waals surface area contributed by atoms with Crippen LogP contribution in [0, 0.1) is 5.92 Å². The van der Waals surface area contributed by atoms with Crippen LogP contribution >= 0.6 is 0 Å². The fourth-order valence-electron chi connectivity index (χ4n) is 1.20. The van der Waals surface area contributed by atoms with Gasteiger partial charge in [-0.3, -0.25) is 4.79 Å². The van der Waals surface area contributed by atoms with E-state index >= 15 is 0 Å². The highest BCUT2D eigenvalue weighted by molar-refractivity contribution is 5.87. The lowest BCUT2D eigenvalue weighted by Gasteiger charge is -2.24. The van der Waals surface area contributed by atoms with Crippen molar-refractivity contribution in [3.8, 4) is 0 Å². The lowest BCUT2D eigenvalue weighted by Crippen LogP contribution is -2.50. The van der Waals surface area contributed by atoms with Crippen molar-refractivity contribution < 1.29 is 27.5 Å². The van der Waals surface area contributed by atoms with Crippen LogP contribution in [0.4, 0.5) is 13.2 Å². The number of esters is 1. The van der Waals surface area contributed by atoms with Crippen LogP contribution in [0.15, 0.2) is 0 Å². The van der Waals surface area contributed by atoms with Gasteiger partial charge in [0.05, 0.1) is 6.10 Å². The maximum absolute atomic E-state index is 12.1. The molecule has 0 aliphatic carbocycles. The van der Waals surface area contributed by atoms with Crippen molar-refractivity contribution in [2.45, 2.75) is 52.4 Å². The number of alkyl halides is 3. The van der Waals surface area contributed by atoms with Gasteiger partial charge in [-0.05, 0) is 19.8 Å². The van der Waals surface area contributed by atoms with Crippen molar-refractivity contribution in [2.24, 2.45) is 5.92 Å². The van der Waals surface area contributed by atoms with Crippen LogP contribution in [0.1, 0.15) is 34.1 Å². The number of carbonyl (C=O) groups excluding carboxylic acids is 2. The summed E-state index contributed by atoms with van der Waals surface area (Å²) < 4.78 is 41.2. The van der Waals surface area contributed by atoms with Crippen molar-refractivity contribution in [1.82, 2.24) is 5.32 Å². The second kappa shape index (κ2) is 6.61. The lowest BCUT2D eigenvalue weighted by molar-refractivity contribution is -0.177. The molecular formula is C11H18F3NO3. The molecule has 0 bridgehead atoms. The van der Waals surface area contributed by atoms with E-state index in [0.717, 1.165) is 0 Å². The summed E-state index contributed by atoms with van der Waals surface area (Å²) in [4.78, 5) is 22.5. The van der Waals surface area contributed by atoms with Crippen LogP contribution in [0.25, 0.3) is 0 Å². The van der Waals surface area contributed by atoms with Gasteiger partial charge in [-0.1, -0.05) is 20.3 Å². The number of amides is 1. The zero-order valence-electron chi connectivity index (χ0n) is 10.8. The van der Waals surface area contributed by atoms with Gasteiger partial charge in [0.25, 0.3) is 0 Å². The molecule has 0 saturated heterocycles. The Bertz CT molecular complexity index is 302. The molecule has 0 spiro atoms. The fourth-order valence-corrected chi connectivity index (χ4v) is 1.20. The van der Waals surface area contributed by atoms with E-state index in [1.54, 1.807) is 33.0 Å². The summed E-state index contributed by atoms with van der Waals surface area (Å²) in [7, 11) is 0. The standard InChI is InChI=1S/C11H18F3NO3/c1-5-7(4)8(9(16)18-6(2)3)15-10(17)11(12,13)14/h6-8H,5H2,1-4H3,(H,15,17)/t7-,8-/m0/s1. The number of halogens is 3. The maximum Gasteiger partial charge on any atom is 0.471 e. The number of hydrogen-bond donors (Lipinski definition) is 1. The summed E-state index contributed by atoms with van der Waals surface area (Å²) in [6.45, 7) is 6.44. The quantitative estimate of drug-likeness (QED) is 0.777. The zero-order chi connectivity index (χ0) is 14.5. The maximum atomic E-state index is 12.1. The predicted octanol–water partition coefficient (Wildman–Crippen LogP) is 2.03. The third-order valence-corrected chi connectivity index (χ3v) is 2.36. The number of nitrogens with one attached hydrogen (secondary N) is 1. The van der Waals surface area contributed by atoms with Crippen LogP contribution < -0.4 is 5.32 Å². The Kier molecular flexibility index (Phi) is 6.14. The second-order valence-electron chi connectivity index (χ2n) is 4.32. The van der Waals surface area contributed by atoms with Crippen molar-refractivity contribution >= 4 is 11.9 Å². The van der Waals surface area contributed by atoms with E-state index in [2.05, 4.69) is 0 Å². The largest absolute Gasteiger partial charge is 0.471 e. The summed E-state index contributed by atoms with van der Waals surface area (Å²) in [5.74, 6) is -3.42. The number of hydrogen-bond acceptors (Lipinski definition) is 3. The van der Waals surface area contributed by atoms with E-state index in [-0.39, 0.29) is 0 Å². The molecule has 0 saturated carbocycles. The molecule has 0 aliphatic rings. The minimum absolute atomic E-state index is 0.440. The lowest BCUT2D eigenvalue weighted by atomic mass is 9.99. The smallest absolute Gasteiger partial charge is 0.461 e. The molecule has 0 aromatic carbocycles. The summed E-state index contributed by atoms with van der Waals surface area (Å²) in [5, 5.41) is 1.67. The van der Waals surface area contributed by atoms with Gasteiger partial charge < -0.3 is 10.1 Å².